The van der Waals surface area contributed by atoms with Crippen LogP contribution in [0.1, 0.15) is 0 Å². The van der Waals surface area contributed by atoms with Gasteiger partial charge in [0.25, 0.3) is 0 Å². The summed E-state index contributed by atoms with van der Waals surface area (Å²) < 4.78 is 0. The molecule has 0 saturated heterocycles. The summed E-state index contributed by atoms with van der Waals surface area (Å²) in [6, 6.07) is 43.4. The minimum absolute atomic E-state index is 0. The Hall–Kier alpha value is -1.92. The summed E-state index contributed by atoms with van der Waals surface area (Å²) in [4.78, 5) is 0. The minimum Gasteiger partial charge on any atom is -0.147 e. The van der Waals surface area contributed by atoms with E-state index in [1.54, 1.807) is 0 Å². The molecule has 4 aromatic carbocycles. The molecule has 0 fully saturated rings. The molecule has 0 radical (unpaired) electrons. The van der Waals surface area contributed by atoms with Crippen LogP contribution in [0.15, 0.2) is 121 Å². The van der Waals surface area contributed by atoms with Gasteiger partial charge in [0.15, 0.2) is 0 Å². The minimum atomic E-state index is -3.00. The van der Waals surface area contributed by atoms with Crippen molar-refractivity contribution in [3.05, 3.63) is 121 Å². The molecule has 136 valence electrons. The number of halogens is 2. The Morgan fingerprint density at radius 2 is 0.556 bits per heavy atom. The summed E-state index contributed by atoms with van der Waals surface area (Å²) in [5.74, 6) is 0. The fourth-order valence-corrected chi connectivity index (χ4v) is 11.3. The second kappa shape index (κ2) is 7.98. The van der Waals surface area contributed by atoms with Gasteiger partial charge in [-0.25, -0.2) is 0 Å². The van der Waals surface area contributed by atoms with E-state index in [0.717, 1.165) is 0 Å². The maximum absolute atomic E-state index is 4.46. The molecular weight excluding hydrogens is 435 g/mol. The molecule has 0 aliphatic rings. The fraction of sp³-hybridized carbons (Fsp3) is 0. The number of rotatable bonds is 4. The van der Waals surface area contributed by atoms with E-state index in [1.165, 1.54) is 21.2 Å². The van der Waals surface area contributed by atoms with Gasteiger partial charge in [0.05, 0.1) is 0 Å². The maximum atomic E-state index is 4.46. The van der Waals surface area contributed by atoms with Gasteiger partial charge in [-0.2, -0.15) is 0 Å². The van der Waals surface area contributed by atoms with Crippen molar-refractivity contribution in [1.82, 2.24) is 0 Å². The Morgan fingerprint density at radius 3 is 0.741 bits per heavy atom. The molecule has 0 nitrogen and oxygen atoms in total. The van der Waals surface area contributed by atoms with Crippen LogP contribution >= 0.6 is 33.2 Å². The van der Waals surface area contributed by atoms with Crippen LogP contribution in [0.2, 0.25) is 0 Å². The normalized spacial score (nSPS) is 12.4. The summed E-state index contributed by atoms with van der Waals surface area (Å²) in [7, 11) is 0. The molecule has 0 spiro atoms. The topological polar surface area (TPSA) is 0 Å². The second-order valence-electron chi connectivity index (χ2n) is 6.35. The van der Waals surface area contributed by atoms with Crippen LogP contribution in [0.3, 0.4) is 0 Å². The van der Waals surface area contributed by atoms with Crippen molar-refractivity contribution in [2.24, 2.45) is 0 Å². The molecule has 4 aromatic rings. The first-order chi connectivity index (χ1) is 12.7. The zero-order valence-corrected chi connectivity index (χ0v) is 18.1. The predicted octanol–water partition coefficient (Wildman–Crippen LogP) is 5.57. The first kappa shape index (κ1) is 19.8. The first-order valence-electron chi connectivity index (χ1n) is 8.71. The Balaban J connectivity index is 0.00000210. The zero-order valence-electron chi connectivity index (χ0n) is 14.8. The Labute approximate surface area is 175 Å². The molecule has 0 atom stereocenters. The van der Waals surface area contributed by atoms with Crippen LogP contribution in [-0.4, -0.2) is 0 Å². The van der Waals surface area contributed by atoms with E-state index in [9.17, 15) is 0 Å². The van der Waals surface area contributed by atoms with Crippen molar-refractivity contribution >= 4 is 54.4 Å². The van der Waals surface area contributed by atoms with Gasteiger partial charge in [0.1, 0.15) is 0 Å². The van der Waals surface area contributed by atoms with Crippen molar-refractivity contribution in [3.8, 4) is 0 Å². The monoisotopic (exact) mass is 454 g/mol. The molecule has 0 unspecified atom stereocenters. The smallest absolute Gasteiger partial charge is 0.147 e. The van der Waals surface area contributed by atoms with E-state index < -0.39 is 5.31 Å². The molecule has 0 bridgehead atoms. The Kier molecular flexibility index (Phi) is 5.86. The predicted molar refractivity (Wildman–Crippen MR) is 127 cm³/mol. The van der Waals surface area contributed by atoms with Gasteiger partial charge in [-0.3, -0.25) is 0 Å². The molecule has 0 aliphatic heterocycles. The van der Waals surface area contributed by atoms with Crippen LogP contribution in [0, 0.1) is 0 Å². The molecule has 0 heterocycles. The van der Waals surface area contributed by atoms with Crippen molar-refractivity contribution in [2.45, 2.75) is 0 Å². The van der Waals surface area contributed by atoms with Crippen molar-refractivity contribution < 1.29 is 0 Å². The Bertz CT molecular complexity index is 820. The van der Waals surface area contributed by atoms with Gasteiger partial charge in [0, 0.05) is 0 Å². The van der Waals surface area contributed by atoms with E-state index in [-0.39, 0.29) is 12.4 Å². The molecule has 27 heavy (non-hydrogen) atoms. The average molecular weight is 456 g/mol. The van der Waals surface area contributed by atoms with Gasteiger partial charge in [-0.1, -0.05) is 0 Å². The van der Waals surface area contributed by atoms with Crippen molar-refractivity contribution in [1.29, 1.82) is 0 Å². The average Bonchev–Trinajstić information content (AvgIpc) is 2.76. The standard InChI is InChI=1S/C24H20BrP.ClH/c25-26(21-13-5-1-6-14-21,22-15-7-2-8-16-22,23-17-9-3-10-18-23)24-19-11-4-12-20-24;/h1-20H;1H. The van der Waals surface area contributed by atoms with Gasteiger partial charge >= 0.3 is 163 Å². The first-order valence-corrected chi connectivity index (χ1v) is 13.0. The van der Waals surface area contributed by atoms with E-state index in [0.29, 0.717) is 0 Å². The zero-order chi connectivity index (χ0) is 17.9. The molecular formula is C24H21BrClP. The maximum Gasteiger partial charge on any atom is -0.147 e. The molecule has 0 aliphatic carbocycles. The van der Waals surface area contributed by atoms with E-state index in [2.05, 4.69) is 137 Å². The van der Waals surface area contributed by atoms with Crippen LogP contribution in [0.4, 0.5) is 0 Å². The fourth-order valence-electron chi connectivity index (χ4n) is 3.73. The number of benzene rings is 4. The Morgan fingerprint density at radius 1 is 0.370 bits per heavy atom. The van der Waals surface area contributed by atoms with Gasteiger partial charge in [0.2, 0.25) is 0 Å². The van der Waals surface area contributed by atoms with Crippen LogP contribution in [0.25, 0.3) is 0 Å². The number of hydrogen-bond donors (Lipinski definition) is 0. The van der Waals surface area contributed by atoms with Gasteiger partial charge in [-0.15, -0.1) is 12.4 Å². The van der Waals surface area contributed by atoms with Gasteiger partial charge in [-0.05, 0) is 0 Å². The van der Waals surface area contributed by atoms with E-state index >= 15 is 0 Å². The summed E-state index contributed by atoms with van der Waals surface area (Å²) in [5, 5.41) is 2.23. The quantitative estimate of drug-likeness (QED) is 0.353. The molecule has 0 amide bonds. The second-order valence-corrected chi connectivity index (χ2v) is 14.7. The molecule has 0 aromatic heterocycles. The van der Waals surface area contributed by atoms with E-state index in [4.69, 9.17) is 0 Å². The van der Waals surface area contributed by atoms with Crippen LogP contribution in [0.5, 0.6) is 0 Å². The van der Waals surface area contributed by atoms with E-state index in [1.807, 2.05) is 0 Å². The largest absolute Gasteiger partial charge is 0.147 e. The van der Waals surface area contributed by atoms with Crippen molar-refractivity contribution in [2.75, 3.05) is 0 Å². The van der Waals surface area contributed by atoms with Crippen LogP contribution < -0.4 is 21.2 Å². The molecule has 3 heteroatoms. The summed E-state index contributed by atoms with van der Waals surface area (Å²) >= 11 is 4.46. The molecule has 0 N–H and O–H groups in total. The van der Waals surface area contributed by atoms with Crippen LogP contribution in [-0.2, 0) is 0 Å². The summed E-state index contributed by atoms with van der Waals surface area (Å²) in [5.41, 5.74) is 0. The third-order valence-electron chi connectivity index (χ3n) is 4.96. The number of hydrogen-bond acceptors (Lipinski definition) is 0. The molecule has 0 saturated carbocycles. The summed E-state index contributed by atoms with van der Waals surface area (Å²) in [6.07, 6.45) is 0. The third kappa shape index (κ3) is 3.05. The molecule has 4 rings (SSSR count). The van der Waals surface area contributed by atoms with Gasteiger partial charge < -0.3 is 0 Å². The third-order valence-corrected chi connectivity index (χ3v) is 15.0. The summed E-state index contributed by atoms with van der Waals surface area (Å²) in [6.45, 7) is 0. The van der Waals surface area contributed by atoms with Crippen molar-refractivity contribution in [3.63, 3.8) is 0 Å². The SMILES string of the molecule is BrP(c1ccccc1)(c1ccccc1)(c1ccccc1)c1ccccc1.Cl.